The fourth-order valence-corrected chi connectivity index (χ4v) is 1.94. The van der Waals surface area contributed by atoms with E-state index in [1.54, 1.807) is 12.1 Å². The molecule has 0 spiro atoms. The summed E-state index contributed by atoms with van der Waals surface area (Å²) >= 11 is 3.17. The molecule has 0 unspecified atom stereocenters. The van der Waals surface area contributed by atoms with Crippen molar-refractivity contribution in [2.45, 2.75) is 0 Å². The number of carboxylic acids is 1. The minimum atomic E-state index is -1.17. The number of amides is 1. The normalized spacial score (nSPS) is 10.1. The van der Waals surface area contributed by atoms with Crippen LogP contribution < -0.4 is 10.9 Å². The van der Waals surface area contributed by atoms with Crippen molar-refractivity contribution < 1.29 is 14.7 Å². The fraction of sp³-hybridized carbons (Fsp3) is 0. The number of nitrogens with zero attached hydrogens (tertiary/aromatic N) is 1. The summed E-state index contributed by atoms with van der Waals surface area (Å²) in [5.74, 6) is -1.80. The van der Waals surface area contributed by atoms with Gasteiger partial charge in [0.05, 0.1) is 11.3 Å². The van der Waals surface area contributed by atoms with Crippen LogP contribution in [0, 0.1) is 0 Å². The van der Waals surface area contributed by atoms with Crippen molar-refractivity contribution in [1.82, 2.24) is 10.2 Å². The third kappa shape index (κ3) is 2.91. The summed E-state index contributed by atoms with van der Waals surface area (Å²) in [6.07, 6.45) is 0. The van der Waals surface area contributed by atoms with E-state index < -0.39 is 17.4 Å². The molecule has 0 atom stereocenters. The Morgan fingerprint density at radius 1 is 1.25 bits per heavy atom. The van der Waals surface area contributed by atoms with E-state index >= 15 is 0 Å². The zero-order valence-corrected chi connectivity index (χ0v) is 11.5. The number of halogens is 1. The average Bonchev–Trinajstić information content (AvgIpc) is 2.41. The molecule has 2 rings (SSSR count). The minimum absolute atomic E-state index is 0.0308. The molecule has 2 aromatic rings. The molecule has 0 radical (unpaired) electrons. The highest BCUT2D eigenvalue weighted by Gasteiger charge is 2.16. The van der Waals surface area contributed by atoms with Crippen LogP contribution in [0.2, 0.25) is 0 Å². The van der Waals surface area contributed by atoms with Crippen LogP contribution in [-0.4, -0.2) is 27.2 Å². The molecule has 8 heteroatoms. The Balaban J connectivity index is 2.35. The number of anilines is 1. The molecule has 1 heterocycles. The van der Waals surface area contributed by atoms with Crippen LogP contribution in [0.3, 0.4) is 0 Å². The molecule has 7 nitrogen and oxygen atoms in total. The molecule has 0 aliphatic carbocycles. The first-order chi connectivity index (χ1) is 9.49. The maximum atomic E-state index is 11.9. The molecule has 1 amide bonds. The highest BCUT2D eigenvalue weighted by Crippen LogP contribution is 2.26. The number of aromatic nitrogens is 2. The van der Waals surface area contributed by atoms with Crippen LogP contribution in [0.5, 0.6) is 0 Å². The van der Waals surface area contributed by atoms with E-state index in [0.29, 0.717) is 4.47 Å². The zero-order valence-electron chi connectivity index (χ0n) is 9.88. The maximum Gasteiger partial charge on any atom is 0.337 e. The molecule has 0 aliphatic heterocycles. The molecule has 0 bridgehead atoms. The number of aromatic carboxylic acids is 1. The number of H-pyrrole nitrogens is 1. The van der Waals surface area contributed by atoms with Gasteiger partial charge in [-0.25, -0.2) is 9.89 Å². The van der Waals surface area contributed by atoms with Gasteiger partial charge in [-0.2, -0.15) is 5.10 Å². The maximum absolute atomic E-state index is 11.9. The molecule has 102 valence electrons. The van der Waals surface area contributed by atoms with Crippen molar-refractivity contribution in [3.05, 3.63) is 56.4 Å². The van der Waals surface area contributed by atoms with E-state index in [4.69, 9.17) is 5.11 Å². The van der Waals surface area contributed by atoms with E-state index in [9.17, 15) is 14.4 Å². The average molecular weight is 338 g/mol. The third-order valence-electron chi connectivity index (χ3n) is 2.39. The zero-order chi connectivity index (χ0) is 14.7. The fourth-order valence-electron chi connectivity index (χ4n) is 1.48. The molecule has 0 aliphatic rings. The van der Waals surface area contributed by atoms with E-state index in [0.717, 1.165) is 6.07 Å². The van der Waals surface area contributed by atoms with Crippen LogP contribution in [0.25, 0.3) is 0 Å². The van der Waals surface area contributed by atoms with Crippen LogP contribution in [0.1, 0.15) is 20.8 Å². The smallest absolute Gasteiger partial charge is 0.337 e. The highest BCUT2D eigenvalue weighted by atomic mass is 79.9. The summed E-state index contributed by atoms with van der Waals surface area (Å²) in [6.45, 7) is 0. The molecule has 0 fully saturated rings. The first-order valence-corrected chi connectivity index (χ1v) is 6.17. The van der Waals surface area contributed by atoms with Gasteiger partial charge in [-0.1, -0.05) is 6.07 Å². The Labute approximate surface area is 120 Å². The van der Waals surface area contributed by atoms with Gasteiger partial charge in [0.2, 0.25) is 0 Å². The largest absolute Gasteiger partial charge is 0.478 e. The lowest BCUT2D eigenvalue weighted by atomic mass is 10.1. The standard InChI is InChI=1S/C12H8BrN3O4/c13-7-3-1-2-6(12(19)20)10(7)14-11(18)8-4-5-9(17)16-15-8/h1-5H,(H,14,18)(H,16,17)(H,19,20). The molecule has 1 aromatic heterocycles. The van der Waals surface area contributed by atoms with E-state index in [2.05, 4.69) is 31.4 Å². The number of carbonyl (C=O) groups excluding carboxylic acids is 1. The van der Waals surface area contributed by atoms with Gasteiger partial charge >= 0.3 is 5.97 Å². The monoisotopic (exact) mass is 337 g/mol. The summed E-state index contributed by atoms with van der Waals surface area (Å²) in [7, 11) is 0. The highest BCUT2D eigenvalue weighted by molar-refractivity contribution is 9.10. The van der Waals surface area contributed by atoms with Gasteiger partial charge in [-0.3, -0.25) is 9.59 Å². The number of para-hydroxylation sites is 1. The molecule has 0 saturated heterocycles. The first-order valence-electron chi connectivity index (χ1n) is 5.38. The molecular formula is C12H8BrN3O4. The van der Waals surface area contributed by atoms with E-state index in [1.807, 2.05) is 0 Å². The van der Waals surface area contributed by atoms with E-state index in [1.165, 1.54) is 12.1 Å². The van der Waals surface area contributed by atoms with Gasteiger partial charge in [0.1, 0.15) is 5.69 Å². The Morgan fingerprint density at radius 2 is 2.00 bits per heavy atom. The van der Waals surface area contributed by atoms with E-state index in [-0.39, 0.29) is 16.9 Å². The van der Waals surface area contributed by atoms with Crippen LogP contribution in [0.15, 0.2) is 39.6 Å². The summed E-state index contributed by atoms with van der Waals surface area (Å²) in [5, 5.41) is 17.2. The molecule has 0 saturated carbocycles. The lowest BCUT2D eigenvalue weighted by Gasteiger charge is -2.09. The minimum Gasteiger partial charge on any atom is -0.478 e. The quantitative estimate of drug-likeness (QED) is 0.785. The second-order valence-corrected chi connectivity index (χ2v) is 4.58. The Bertz CT molecular complexity index is 721. The van der Waals surface area contributed by atoms with Crippen molar-refractivity contribution >= 4 is 33.5 Å². The summed E-state index contributed by atoms with van der Waals surface area (Å²) in [5.41, 5.74) is -0.402. The number of carbonyl (C=O) groups is 2. The van der Waals surface area contributed by atoms with Gasteiger partial charge in [0.25, 0.3) is 11.5 Å². The number of carboxylic acid groups (broad SMARTS) is 1. The summed E-state index contributed by atoms with van der Waals surface area (Å²) in [4.78, 5) is 33.9. The Hall–Kier alpha value is -2.48. The molecular weight excluding hydrogens is 330 g/mol. The lowest BCUT2D eigenvalue weighted by Crippen LogP contribution is -2.19. The predicted molar refractivity (Wildman–Crippen MR) is 73.9 cm³/mol. The van der Waals surface area contributed by atoms with Gasteiger partial charge in [0, 0.05) is 10.5 Å². The van der Waals surface area contributed by atoms with Crippen molar-refractivity contribution in [2.24, 2.45) is 0 Å². The second-order valence-electron chi connectivity index (χ2n) is 3.73. The van der Waals surface area contributed by atoms with Crippen molar-refractivity contribution in [2.75, 3.05) is 5.32 Å². The topological polar surface area (TPSA) is 112 Å². The first kappa shape index (κ1) is 13.9. The molecule has 20 heavy (non-hydrogen) atoms. The second kappa shape index (κ2) is 5.66. The summed E-state index contributed by atoms with van der Waals surface area (Å²) < 4.78 is 0.426. The number of benzene rings is 1. The molecule has 1 aromatic carbocycles. The van der Waals surface area contributed by atoms with Crippen molar-refractivity contribution in [3.63, 3.8) is 0 Å². The number of hydrogen-bond donors (Lipinski definition) is 3. The van der Waals surface area contributed by atoms with Gasteiger partial charge in [0.15, 0.2) is 0 Å². The van der Waals surface area contributed by atoms with Gasteiger partial charge in [-0.15, -0.1) is 0 Å². The van der Waals surface area contributed by atoms with Crippen molar-refractivity contribution in [1.29, 1.82) is 0 Å². The number of hydrogen-bond acceptors (Lipinski definition) is 4. The van der Waals surface area contributed by atoms with Gasteiger partial charge in [-0.05, 0) is 34.1 Å². The number of aromatic amines is 1. The number of nitrogens with one attached hydrogen (secondary N) is 2. The SMILES string of the molecule is O=C(Nc1c(Br)cccc1C(=O)O)c1ccc(=O)[nH]n1. The lowest BCUT2D eigenvalue weighted by molar-refractivity contribution is 0.0698. The predicted octanol–water partition coefficient (Wildman–Crippen LogP) is 1.48. The number of rotatable bonds is 3. The molecule has 3 N–H and O–H groups in total. The Kier molecular flexibility index (Phi) is 3.94. The van der Waals surface area contributed by atoms with Crippen LogP contribution in [-0.2, 0) is 0 Å². The van der Waals surface area contributed by atoms with Crippen molar-refractivity contribution in [3.8, 4) is 0 Å². The van der Waals surface area contributed by atoms with Gasteiger partial charge < -0.3 is 10.4 Å². The van der Waals surface area contributed by atoms with Crippen LogP contribution >= 0.6 is 15.9 Å². The Morgan fingerprint density at radius 3 is 2.60 bits per heavy atom. The van der Waals surface area contributed by atoms with Crippen LogP contribution in [0.4, 0.5) is 5.69 Å². The summed E-state index contributed by atoms with van der Waals surface area (Å²) in [6, 6.07) is 6.90. The third-order valence-corrected chi connectivity index (χ3v) is 3.06.